The molecule has 0 saturated heterocycles. The number of hydrogen-bond donors (Lipinski definition) is 1. The van der Waals surface area contributed by atoms with E-state index < -0.39 is 17.6 Å². The molecule has 0 radical (unpaired) electrons. The highest BCUT2D eigenvalue weighted by molar-refractivity contribution is 5.76. The minimum Gasteiger partial charge on any atom is -0.491 e. The number of nitrogens with one attached hydrogen (secondary N) is 1. The largest absolute Gasteiger partial charge is 0.491 e. The van der Waals surface area contributed by atoms with Crippen LogP contribution in [0.25, 0.3) is 0 Å². The van der Waals surface area contributed by atoms with Crippen LogP contribution in [0, 0.1) is 0 Å². The first-order valence-corrected chi connectivity index (χ1v) is 10.9. The topological polar surface area (TPSA) is 47.6 Å². The van der Waals surface area contributed by atoms with Gasteiger partial charge in [-0.2, -0.15) is 0 Å². The Labute approximate surface area is 194 Å². The number of hydrogen-bond acceptors (Lipinski definition) is 4. The van der Waals surface area contributed by atoms with Gasteiger partial charge in [0.25, 0.3) is 0 Å². The van der Waals surface area contributed by atoms with Crippen LogP contribution in [-0.4, -0.2) is 25.7 Å². The van der Waals surface area contributed by atoms with Gasteiger partial charge < -0.3 is 9.47 Å². The second kappa shape index (κ2) is 10.6. The van der Waals surface area contributed by atoms with Gasteiger partial charge in [-0.15, -0.1) is 0 Å². The lowest BCUT2D eigenvalue weighted by molar-refractivity contribution is -0.144. The summed E-state index contributed by atoms with van der Waals surface area (Å²) in [4.78, 5) is 12.9. The zero-order chi connectivity index (χ0) is 22.9. The molecule has 0 saturated carbocycles. The van der Waals surface area contributed by atoms with Gasteiger partial charge in [0, 0.05) is 0 Å². The van der Waals surface area contributed by atoms with Gasteiger partial charge >= 0.3 is 5.97 Å². The molecule has 4 rings (SSSR count). The molecule has 4 nitrogen and oxygen atoms in total. The third kappa shape index (κ3) is 4.97. The number of esters is 1. The molecule has 0 aromatic heterocycles. The molecule has 4 aromatic rings. The number of methoxy groups -OCH3 is 1. The average molecular weight is 438 g/mol. The van der Waals surface area contributed by atoms with Crippen molar-refractivity contribution in [1.29, 1.82) is 0 Å². The quantitative estimate of drug-likeness (QED) is 0.289. The molecule has 0 aliphatic rings. The summed E-state index contributed by atoms with van der Waals surface area (Å²) < 4.78 is 11.2. The third-order valence-electron chi connectivity index (χ3n) is 5.66. The van der Waals surface area contributed by atoms with E-state index >= 15 is 0 Å². The minimum atomic E-state index is -0.803. The van der Waals surface area contributed by atoms with Crippen molar-refractivity contribution < 1.29 is 14.3 Å². The average Bonchev–Trinajstić information content (AvgIpc) is 2.91. The summed E-state index contributed by atoms with van der Waals surface area (Å²) in [6.07, 6.45) is 0. The van der Waals surface area contributed by atoms with Crippen LogP contribution in [0.1, 0.15) is 16.7 Å². The minimum absolute atomic E-state index is 0.116. The molecule has 0 aliphatic heterocycles. The molecule has 1 atom stereocenters. The van der Waals surface area contributed by atoms with Gasteiger partial charge in [-0.05, 0) is 28.8 Å². The van der Waals surface area contributed by atoms with Crippen LogP contribution in [0.4, 0.5) is 0 Å². The Bertz CT molecular complexity index is 1040. The molecule has 33 heavy (non-hydrogen) atoms. The zero-order valence-electron chi connectivity index (χ0n) is 18.6. The van der Waals surface area contributed by atoms with Crippen molar-refractivity contribution in [3.8, 4) is 5.75 Å². The van der Waals surface area contributed by atoms with Crippen LogP contribution in [0.5, 0.6) is 5.75 Å². The highest BCUT2D eigenvalue weighted by atomic mass is 16.5. The SMILES string of the molecule is COC(=O)C(COc1ccccc1)NC(c1ccccc1)(c1ccccc1)c1ccccc1. The Hall–Kier alpha value is -3.89. The summed E-state index contributed by atoms with van der Waals surface area (Å²) in [7, 11) is 1.40. The Morgan fingerprint density at radius 2 is 1.09 bits per heavy atom. The van der Waals surface area contributed by atoms with Gasteiger partial charge in [-0.1, -0.05) is 109 Å². The van der Waals surface area contributed by atoms with Crippen LogP contribution < -0.4 is 10.1 Å². The first kappa shape index (κ1) is 22.3. The summed E-state index contributed by atoms with van der Waals surface area (Å²) in [6, 6.07) is 39.1. The lowest BCUT2D eigenvalue weighted by Crippen LogP contribution is -2.55. The van der Waals surface area contributed by atoms with Crippen LogP contribution in [0.15, 0.2) is 121 Å². The van der Waals surface area contributed by atoms with E-state index in [-0.39, 0.29) is 6.61 Å². The maximum absolute atomic E-state index is 12.9. The smallest absolute Gasteiger partial charge is 0.326 e. The molecular formula is C29H27NO3. The van der Waals surface area contributed by atoms with Crippen LogP contribution in [-0.2, 0) is 15.1 Å². The number of carbonyl (C=O) groups is 1. The van der Waals surface area contributed by atoms with Crippen molar-refractivity contribution in [3.63, 3.8) is 0 Å². The Morgan fingerprint density at radius 1 is 0.697 bits per heavy atom. The number of rotatable bonds is 9. The van der Waals surface area contributed by atoms with E-state index in [0.29, 0.717) is 5.75 Å². The maximum Gasteiger partial charge on any atom is 0.326 e. The number of benzene rings is 4. The molecule has 1 unspecified atom stereocenters. The molecule has 1 N–H and O–H groups in total. The van der Waals surface area contributed by atoms with Gasteiger partial charge in [0.05, 0.1) is 12.6 Å². The number of carbonyl (C=O) groups excluding carboxylic acids is 1. The number of ether oxygens (including phenoxy) is 2. The number of para-hydroxylation sites is 1. The first-order chi connectivity index (χ1) is 16.2. The lowest BCUT2D eigenvalue weighted by Gasteiger charge is -2.39. The zero-order valence-corrected chi connectivity index (χ0v) is 18.6. The Balaban J connectivity index is 1.83. The predicted molar refractivity (Wildman–Crippen MR) is 130 cm³/mol. The molecule has 0 spiro atoms. The molecule has 166 valence electrons. The molecule has 4 heteroatoms. The lowest BCUT2D eigenvalue weighted by atomic mass is 9.76. The Kier molecular flexibility index (Phi) is 7.18. The van der Waals surface area contributed by atoms with Crippen molar-refractivity contribution in [2.75, 3.05) is 13.7 Å². The van der Waals surface area contributed by atoms with Gasteiger partial charge in [-0.3, -0.25) is 10.1 Å². The van der Waals surface area contributed by atoms with Crippen molar-refractivity contribution in [3.05, 3.63) is 138 Å². The normalized spacial score (nSPS) is 12.0. The van der Waals surface area contributed by atoms with E-state index in [1.54, 1.807) is 0 Å². The van der Waals surface area contributed by atoms with Crippen molar-refractivity contribution >= 4 is 5.97 Å². The van der Waals surface area contributed by atoms with Gasteiger partial charge in [0.2, 0.25) is 0 Å². The van der Waals surface area contributed by atoms with Gasteiger partial charge in [0.15, 0.2) is 0 Å². The van der Waals surface area contributed by atoms with Crippen LogP contribution in [0.2, 0.25) is 0 Å². The Morgan fingerprint density at radius 3 is 1.48 bits per heavy atom. The third-order valence-corrected chi connectivity index (χ3v) is 5.66. The summed E-state index contributed by atoms with van der Waals surface area (Å²) in [5.41, 5.74) is 2.23. The standard InChI is InChI=1S/C29H27NO3/c1-32-28(31)27(22-33-26-20-12-5-13-21-26)30-29(23-14-6-2-7-15-23,24-16-8-3-9-17-24)25-18-10-4-11-19-25/h2-21,27,30H,22H2,1H3. The van der Waals surface area contributed by atoms with E-state index in [1.165, 1.54) is 7.11 Å². The fraction of sp³-hybridized carbons (Fsp3) is 0.138. The van der Waals surface area contributed by atoms with Gasteiger partial charge in [-0.25, -0.2) is 0 Å². The van der Waals surface area contributed by atoms with Crippen LogP contribution >= 0.6 is 0 Å². The first-order valence-electron chi connectivity index (χ1n) is 10.9. The van der Waals surface area contributed by atoms with Crippen molar-refractivity contribution in [2.24, 2.45) is 0 Å². The molecule has 0 heterocycles. The fourth-order valence-corrected chi connectivity index (χ4v) is 4.08. The second-order valence-corrected chi connectivity index (χ2v) is 7.69. The molecule has 0 fully saturated rings. The van der Waals surface area contributed by atoms with Crippen molar-refractivity contribution in [2.45, 2.75) is 11.6 Å². The molecule has 0 amide bonds. The van der Waals surface area contributed by atoms with E-state index in [9.17, 15) is 4.79 Å². The second-order valence-electron chi connectivity index (χ2n) is 7.69. The summed E-state index contributed by atoms with van der Waals surface area (Å²) in [5, 5.41) is 3.64. The van der Waals surface area contributed by atoms with Gasteiger partial charge in [0.1, 0.15) is 18.4 Å². The molecular weight excluding hydrogens is 410 g/mol. The summed E-state index contributed by atoms with van der Waals surface area (Å²) in [6.45, 7) is 0.116. The van der Waals surface area contributed by atoms with Crippen LogP contribution in [0.3, 0.4) is 0 Å². The fourth-order valence-electron chi connectivity index (χ4n) is 4.08. The van der Waals surface area contributed by atoms with E-state index in [2.05, 4.69) is 41.7 Å². The maximum atomic E-state index is 12.9. The summed E-state index contributed by atoms with van der Waals surface area (Å²) >= 11 is 0. The summed E-state index contributed by atoms with van der Waals surface area (Å²) in [5.74, 6) is 0.302. The van der Waals surface area contributed by atoms with E-state index in [0.717, 1.165) is 16.7 Å². The molecule has 0 bridgehead atoms. The monoisotopic (exact) mass is 437 g/mol. The molecule has 0 aliphatic carbocycles. The highest BCUT2D eigenvalue weighted by Crippen LogP contribution is 2.37. The van der Waals surface area contributed by atoms with Crippen molar-refractivity contribution in [1.82, 2.24) is 5.32 Å². The highest BCUT2D eigenvalue weighted by Gasteiger charge is 2.40. The van der Waals surface area contributed by atoms with E-state index in [1.807, 2.05) is 84.9 Å². The predicted octanol–water partition coefficient (Wildman–Crippen LogP) is 5.19. The van der Waals surface area contributed by atoms with E-state index in [4.69, 9.17) is 9.47 Å². The molecule has 4 aromatic carbocycles.